The van der Waals surface area contributed by atoms with Crippen molar-refractivity contribution in [2.24, 2.45) is 0 Å². The molecule has 0 aliphatic carbocycles. The summed E-state index contributed by atoms with van der Waals surface area (Å²) in [5, 5.41) is 0. The van der Waals surface area contributed by atoms with Crippen molar-refractivity contribution in [1.82, 2.24) is 4.90 Å². The molecule has 1 nitrogen and oxygen atoms in total. The second-order valence-corrected chi connectivity index (χ2v) is 11.8. The highest BCUT2D eigenvalue weighted by Crippen LogP contribution is 2.26. The van der Waals surface area contributed by atoms with E-state index in [1.54, 1.807) is 0 Å². The molecule has 0 saturated carbocycles. The van der Waals surface area contributed by atoms with Crippen LogP contribution in [0.5, 0.6) is 0 Å². The number of nitrogens with zero attached hydrogens (tertiary/aromatic N) is 1. The predicted octanol–water partition coefficient (Wildman–Crippen LogP) is 2.59. The highest BCUT2D eigenvalue weighted by molar-refractivity contribution is 7.64. The molecule has 0 radical (unpaired) electrons. The fourth-order valence-corrected chi connectivity index (χ4v) is 2.36. The van der Waals surface area contributed by atoms with Crippen LogP contribution in [0.4, 0.5) is 0 Å². The average Bonchev–Trinajstić information content (AvgIpc) is 1.59. The lowest BCUT2D eigenvalue weighted by Crippen LogP contribution is -2.16. The van der Waals surface area contributed by atoms with Crippen molar-refractivity contribution < 1.29 is 0 Å². The molecule has 0 aromatic carbocycles. The van der Waals surface area contributed by atoms with Crippen LogP contribution < -0.4 is 0 Å². The van der Waals surface area contributed by atoms with Crippen molar-refractivity contribution >= 4 is 39.2 Å². The Morgan fingerprint density at radius 1 is 1.20 bits per heavy atom. The second-order valence-electron chi connectivity index (χ2n) is 2.52. The third-order valence-corrected chi connectivity index (χ3v) is 3.69. The van der Waals surface area contributed by atoms with E-state index < -0.39 is 6.00 Å². The van der Waals surface area contributed by atoms with Crippen LogP contribution in [-0.2, 0) is 0 Å². The Morgan fingerprint density at radius 2 is 1.70 bits per heavy atom. The molecule has 0 aromatic rings. The van der Waals surface area contributed by atoms with Gasteiger partial charge in [0.05, 0.1) is 0 Å². The molecule has 0 unspecified atom stereocenters. The summed E-state index contributed by atoms with van der Waals surface area (Å²) in [6, 6.07) is -1.57. The molecule has 0 saturated heterocycles. The van der Waals surface area contributed by atoms with Crippen LogP contribution in [0.15, 0.2) is 0 Å². The van der Waals surface area contributed by atoms with Crippen LogP contribution in [0, 0.1) is 0 Å². The molecule has 0 aliphatic heterocycles. The molecule has 0 heterocycles. The van der Waals surface area contributed by atoms with Crippen LogP contribution in [0.2, 0.25) is 6.04 Å². The van der Waals surface area contributed by atoms with Gasteiger partial charge in [0.15, 0.2) is 0 Å². The topological polar surface area (TPSA) is 3.24 Å². The summed E-state index contributed by atoms with van der Waals surface area (Å²) in [6.45, 7) is 1.00. The lowest BCUT2D eigenvalue weighted by Gasteiger charge is -2.11. The molecule has 5 heteroatoms. The van der Waals surface area contributed by atoms with Gasteiger partial charge in [-0.1, -0.05) is 0 Å². The zero-order chi connectivity index (χ0) is 8.20. The van der Waals surface area contributed by atoms with Gasteiger partial charge >= 0.3 is 6.00 Å². The second kappa shape index (κ2) is 4.83. The minimum atomic E-state index is -2.33. The third-order valence-electron chi connectivity index (χ3n) is 1.07. The summed E-state index contributed by atoms with van der Waals surface area (Å²) in [5.74, 6) is 0. The largest absolute Gasteiger partial charge is 0.341 e. The molecule has 62 valence electrons. The maximum absolute atomic E-state index is 5.67. The highest BCUT2D eigenvalue weighted by atomic mass is 35.8. The monoisotopic (exact) mass is 219 g/mol. The van der Waals surface area contributed by atoms with E-state index in [2.05, 4.69) is 4.90 Å². The Labute approximate surface area is 77.4 Å². The van der Waals surface area contributed by atoms with E-state index in [0.717, 1.165) is 19.0 Å². The third kappa shape index (κ3) is 9.05. The molecule has 10 heavy (non-hydrogen) atoms. The van der Waals surface area contributed by atoms with Gasteiger partial charge in [0.25, 0.3) is 0 Å². The molecule has 0 amide bonds. The molecular weight excluding hydrogens is 209 g/mol. The predicted molar refractivity (Wildman–Crippen MR) is 51.3 cm³/mol. The zero-order valence-corrected chi connectivity index (χ0v) is 9.47. The first kappa shape index (κ1) is 11.0. The molecule has 0 aliphatic rings. The molecule has 0 bridgehead atoms. The van der Waals surface area contributed by atoms with Gasteiger partial charge in [-0.2, -0.15) is 0 Å². The Kier molecular flexibility index (Phi) is 5.34. The number of hydrogen-bond acceptors (Lipinski definition) is 1. The normalized spacial score (nSPS) is 12.6. The van der Waals surface area contributed by atoms with Gasteiger partial charge in [0.1, 0.15) is 0 Å². The van der Waals surface area contributed by atoms with E-state index in [9.17, 15) is 0 Å². The molecule has 0 aromatic heterocycles. The minimum Gasteiger partial charge on any atom is -0.309 e. The summed E-state index contributed by atoms with van der Waals surface area (Å²) in [4.78, 5) is 2.09. The van der Waals surface area contributed by atoms with Crippen LogP contribution in [0.3, 0.4) is 0 Å². The van der Waals surface area contributed by atoms with Gasteiger partial charge in [-0.3, -0.25) is 0 Å². The Bertz CT molecular complexity index is 91.4. The first-order valence-corrected chi connectivity index (χ1v) is 8.37. The first-order valence-electron chi connectivity index (χ1n) is 3.13. The lowest BCUT2D eigenvalue weighted by molar-refractivity contribution is 0.408. The van der Waals surface area contributed by atoms with E-state index in [-0.39, 0.29) is 0 Å². The molecule has 0 atom stereocenters. The van der Waals surface area contributed by atoms with Crippen LogP contribution in [0.25, 0.3) is 0 Å². The molecule has 0 rings (SSSR count). The number of halogens is 3. The summed E-state index contributed by atoms with van der Waals surface area (Å²) >= 11 is 17.0. The van der Waals surface area contributed by atoms with Crippen molar-refractivity contribution in [1.29, 1.82) is 0 Å². The summed E-state index contributed by atoms with van der Waals surface area (Å²) in [5.41, 5.74) is 0. The molecule has 0 spiro atoms. The number of hydrogen-bond donors (Lipinski definition) is 0. The SMILES string of the molecule is CN(C)CCC[Si](Cl)(Cl)Cl. The number of rotatable bonds is 4. The van der Waals surface area contributed by atoms with Crippen LogP contribution >= 0.6 is 33.2 Å². The summed E-state index contributed by atoms with van der Waals surface area (Å²) < 4.78 is 0. The van der Waals surface area contributed by atoms with Crippen LogP contribution in [-0.4, -0.2) is 31.5 Å². The van der Waals surface area contributed by atoms with Crippen molar-refractivity contribution in [2.45, 2.75) is 12.5 Å². The van der Waals surface area contributed by atoms with Gasteiger partial charge < -0.3 is 4.90 Å². The fourth-order valence-electron chi connectivity index (χ4n) is 0.596. The van der Waals surface area contributed by atoms with Gasteiger partial charge in [-0.05, 0) is 33.1 Å². The zero-order valence-electron chi connectivity index (χ0n) is 6.20. The van der Waals surface area contributed by atoms with Gasteiger partial charge in [-0.25, -0.2) is 0 Å². The standard InChI is InChI=1S/C5H12Cl3NSi/c1-9(2)4-3-5-10(6,7)8/h3-5H2,1-2H3. The minimum absolute atomic E-state index is 0.760. The van der Waals surface area contributed by atoms with E-state index in [1.165, 1.54) is 0 Å². The fraction of sp³-hybridized carbons (Fsp3) is 1.00. The molecule has 0 fully saturated rings. The average molecular weight is 221 g/mol. The van der Waals surface area contributed by atoms with Crippen LogP contribution in [0.1, 0.15) is 6.42 Å². The van der Waals surface area contributed by atoms with Crippen molar-refractivity contribution in [2.75, 3.05) is 20.6 Å². The Morgan fingerprint density at radius 3 is 2.00 bits per heavy atom. The van der Waals surface area contributed by atoms with Crippen molar-refractivity contribution in [3.63, 3.8) is 0 Å². The van der Waals surface area contributed by atoms with Gasteiger partial charge in [0, 0.05) is 0 Å². The maximum atomic E-state index is 5.67. The van der Waals surface area contributed by atoms with Gasteiger partial charge in [0.2, 0.25) is 0 Å². The van der Waals surface area contributed by atoms with E-state index in [0.29, 0.717) is 0 Å². The Hall–Kier alpha value is 1.05. The molecule has 0 N–H and O–H groups in total. The van der Waals surface area contributed by atoms with E-state index in [1.807, 2.05) is 14.1 Å². The lowest BCUT2D eigenvalue weighted by atomic mass is 10.5. The summed E-state index contributed by atoms with van der Waals surface area (Å²) in [7, 11) is 4.03. The summed E-state index contributed by atoms with van der Waals surface area (Å²) in [6.07, 6.45) is 0.982. The van der Waals surface area contributed by atoms with Crippen molar-refractivity contribution in [3.05, 3.63) is 0 Å². The van der Waals surface area contributed by atoms with Gasteiger partial charge in [-0.15, -0.1) is 33.2 Å². The van der Waals surface area contributed by atoms with E-state index >= 15 is 0 Å². The van der Waals surface area contributed by atoms with E-state index in [4.69, 9.17) is 33.2 Å². The quantitative estimate of drug-likeness (QED) is 0.520. The molecular formula is C5H12Cl3NSi. The first-order chi connectivity index (χ1) is 4.42. The highest BCUT2D eigenvalue weighted by Gasteiger charge is 2.23. The van der Waals surface area contributed by atoms with Crippen molar-refractivity contribution in [3.8, 4) is 0 Å². The Balaban J connectivity index is 3.21. The smallest absolute Gasteiger partial charge is 0.309 e. The maximum Gasteiger partial charge on any atom is 0.341 e.